The predicted octanol–water partition coefficient (Wildman–Crippen LogP) is 0.558. The zero-order valence-corrected chi connectivity index (χ0v) is 16.4. The van der Waals surface area contributed by atoms with Crippen molar-refractivity contribution in [1.29, 1.82) is 0 Å². The number of aryl methyl sites for hydroxylation is 1. The molecule has 0 radical (unpaired) electrons. The van der Waals surface area contributed by atoms with Crippen molar-refractivity contribution >= 4 is 30.7 Å². The van der Waals surface area contributed by atoms with Crippen LogP contribution in [0.2, 0.25) is 0 Å². The Morgan fingerprint density at radius 2 is 2.08 bits per heavy atom. The summed E-state index contributed by atoms with van der Waals surface area (Å²) < 4.78 is 7.78. The SMILES string of the molecule is Cc1cnn(CC2CN(CCC(=O)N3CCNCC3)CCO2)c1.Cl.Cl. The lowest BCUT2D eigenvalue weighted by atomic mass is 10.2. The molecule has 0 spiro atoms. The average Bonchev–Trinajstić information content (AvgIpc) is 2.99. The van der Waals surface area contributed by atoms with Crippen molar-refractivity contribution in [2.24, 2.45) is 0 Å². The van der Waals surface area contributed by atoms with Crippen LogP contribution in [0.15, 0.2) is 12.4 Å². The molecule has 25 heavy (non-hydrogen) atoms. The van der Waals surface area contributed by atoms with E-state index >= 15 is 0 Å². The van der Waals surface area contributed by atoms with Gasteiger partial charge in [0.15, 0.2) is 0 Å². The molecule has 1 unspecified atom stereocenters. The quantitative estimate of drug-likeness (QED) is 0.791. The summed E-state index contributed by atoms with van der Waals surface area (Å²) in [5.41, 5.74) is 1.17. The van der Waals surface area contributed by atoms with E-state index in [0.717, 1.165) is 59.0 Å². The standard InChI is InChI=1S/C16H27N5O2.2ClH/c1-14-10-18-21(11-14)13-15-12-19(8-9-23-15)5-2-16(22)20-6-3-17-4-7-20;;/h10-11,15,17H,2-9,12-13H2,1H3;2*1H. The summed E-state index contributed by atoms with van der Waals surface area (Å²) in [6.07, 6.45) is 4.66. The molecule has 144 valence electrons. The van der Waals surface area contributed by atoms with Crippen LogP contribution in [0, 0.1) is 6.92 Å². The van der Waals surface area contributed by atoms with Crippen LogP contribution < -0.4 is 5.32 Å². The highest BCUT2D eigenvalue weighted by Crippen LogP contribution is 2.09. The summed E-state index contributed by atoms with van der Waals surface area (Å²) >= 11 is 0. The second-order valence-electron chi connectivity index (χ2n) is 6.41. The van der Waals surface area contributed by atoms with E-state index in [9.17, 15) is 4.79 Å². The maximum Gasteiger partial charge on any atom is 0.223 e. The molecule has 1 aromatic heterocycles. The van der Waals surface area contributed by atoms with Gasteiger partial charge in [0.1, 0.15) is 0 Å². The van der Waals surface area contributed by atoms with Crippen LogP contribution in [0.25, 0.3) is 0 Å². The molecule has 2 saturated heterocycles. The third kappa shape index (κ3) is 6.75. The summed E-state index contributed by atoms with van der Waals surface area (Å²) in [4.78, 5) is 16.6. The molecular formula is C16H29Cl2N5O2. The Hall–Kier alpha value is -0.860. The maximum atomic E-state index is 12.2. The van der Waals surface area contributed by atoms with Gasteiger partial charge in [0.05, 0.1) is 25.5 Å². The molecule has 1 atom stereocenters. The molecule has 0 saturated carbocycles. The summed E-state index contributed by atoms with van der Waals surface area (Å²) in [6, 6.07) is 0. The zero-order chi connectivity index (χ0) is 16.1. The minimum Gasteiger partial charge on any atom is -0.374 e. The molecular weight excluding hydrogens is 365 g/mol. The minimum absolute atomic E-state index is 0. The second-order valence-corrected chi connectivity index (χ2v) is 6.41. The molecule has 0 aromatic carbocycles. The van der Waals surface area contributed by atoms with E-state index < -0.39 is 0 Å². The fraction of sp³-hybridized carbons (Fsp3) is 0.750. The molecule has 1 N–H and O–H groups in total. The summed E-state index contributed by atoms with van der Waals surface area (Å²) in [6.45, 7) is 9.63. The molecule has 2 aliphatic rings. The lowest BCUT2D eigenvalue weighted by molar-refractivity contribution is -0.132. The first-order valence-electron chi connectivity index (χ1n) is 8.52. The van der Waals surface area contributed by atoms with Crippen LogP contribution in [0.4, 0.5) is 0 Å². The average molecular weight is 394 g/mol. The number of nitrogens with one attached hydrogen (secondary N) is 1. The first-order valence-corrected chi connectivity index (χ1v) is 8.52. The van der Waals surface area contributed by atoms with E-state index in [-0.39, 0.29) is 36.8 Å². The van der Waals surface area contributed by atoms with Crippen molar-refractivity contribution in [1.82, 2.24) is 24.9 Å². The predicted molar refractivity (Wildman–Crippen MR) is 102 cm³/mol. The summed E-state index contributed by atoms with van der Waals surface area (Å²) in [5.74, 6) is 0.275. The fourth-order valence-electron chi connectivity index (χ4n) is 3.20. The molecule has 7 nitrogen and oxygen atoms in total. The molecule has 1 aromatic rings. The molecule has 2 aliphatic heterocycles. The highest BCUT2D eigenvalue weighted by Gasteiger charge is 2.23. The molecule has 2 fully saturated rings. The Bertz CT molecular complexity index is 522. The summed E-state index contributed by atoms with van der Waals surface area (Å²) in [7, 11) is 0. The van der Waals surface area contributed by atoms with E-state index in [4.69, 9.17) is 4.74 Å². The lowest BCUT2D eigenvalue weighted by Crippen LogP contribution is -2.48. The van der Waals surface area contributed by atoms with Crippen molar-refractivity contribution < 1.29 is 9.53 Å². The monoisotopic (exact) mass is 393 g/mol. The Morgan fingerprint density at radius 1 is 1.32 bits per heavy atom. The highest BCUT2D eigenvalue weighted by atomic mass is 35.5. The maximum absolute atomic E-state index is 12.2. The smallest absolute Gasteiger partial charge is 0.223 e. The van der Waals surface area contributed by atoms with Crippen molar-refractivity contribution in [2.45, 2.75) is 26.0 Å². The molecule has 0 aliphatic carbocycles. The second kappa shape index (κ2) is 11.0. The van der Waals surface area contributed by atoms with Crippen LogP contribution >= 0.6 is 24.8 Å². The van der Waals surface area contributed by atoms with Gasteiger partial charge >= 0.3 is 0 Å². The van der Waals surface area contributed by atoms with Crippen LogP contribution in [0.1, 0.15) is 12.0 Å². The largest absolute Gasteiger partial charge is 0.374 e. The van der Waals surface area contributed by atoms with Gasteiger partial charge in [-0.05, 0) is 12.5 Å². The van der Waals surface area contributed by atoms with Crippen LogP contribution in [-0.2, 0) is 16.1 Å². The van der Waals surface area contributed by atoms with Gasteiger partial charge in [-0.15, -0.1) is 24.8 Å². The van der Waals surface area contributed by atoms with E-state index in [1.807, 2.05) is 28.9 Å². The van der Waals surface area contributed by atoms with Crippen LogP contribution in [-0.4, -0.2) is 84.0 Å². The van der Waals surface area contributed by atoms with E-state index in [2.05, 4.69) is 15.3 Å². The van der Waals surface area contributed by atoms with Gasteiger partial charge in [0.25, 0.3) is 0 Å². The zero-order valence-electron chi connectivity index (χ0n) is 14.7. The van der Waals surface area contributed by atoms with Gasteiger partial charge in [-0.2, -0.15) is 5.10 Å². The number of carbonyl (C=O) groups excluding carboxylic acids is 1. The van der Waals surface area contributed by atoms with Gasteiger partial charge < -0.3 is 15.0 Å². The Morgan fingerprint density at radius 3 is 2.76 bits per heavy atom. The number of carbonyl (C=O) groups is 1. The van der Waals surface area contributed by atoms with Gasteiger partial charge in [0, 0.05) is 58.4 Å². The van der Waals surface area contributed by atoms with Crippen molar-refractivity contribution in [3.8, 4) is 0 Å². The molecule has 9 heteroatoms. The number of rotatable bonds is 5. The van der Waals surface area contributed by atoms with Crippen LogP contribution in [0.5, 0.6) is 0 Å². The molecule has 3 heterocycles. The van der Waals surface area contributed by atoms with Gasteiger partial charge in [-0.25, -0.2) is 0 Å². The molecule has 3 rings (SSSR count). The number of hydrogen-bond acceptors (Lipinski definition) is 5. The minimum atomic E-state index is 0. The Kier molecular flexibility index (Phi) is 9.74. The number of hydrogen-bond donors (Lipinski definition) is 1. The first kappa shape index (κ1) is 22.2. The van der Waals surface area contributed by atoms with Crippen LogP contribution in [0.3, 0.4) is 0 Å². The normalized spacial score (nSPS) is 21.3. The number of halogens is 2. The van der Waals surface area contributed by atoms with Crippen molar-refractivity contribution in [3.63, 3.8) is 0 Å². The molecule has 1 amide bonds. The van der Waals surface area contributed by atoms with Gasteiger partial charge in [-0.3, -0.25) is 14.4 Å². The number of amides is 1. The van der Waals surface area contributed by atoms with E-state index in [1.54, 1.807) is 0 Å². The third-order valence-electron chi connectivity index (χ3n) is 4.49. The topological polar surface area (TPSA) is 62.6 Å². The number of morpholine rings is 1. The fourth-order valence-corrected chi connectivity index (χ4v) is 3.20. The van der Waals surface area contributed by atoms with E-state index in [0.29, 0.717) is 6.42 Å². The number of nitrogens with zero attached hydrogens (tertiary/aromatic N) is 4. The van der Waals surface area contributed by atoms with Gasteiger partial charge in [0.2, 0.25) is 5.91 Å². The summed E-state index contributed by atoms with van der Waals surface area (Å²) in [5, 5.41) is 7.60. The van der Waals surface area contributed by atoms with Crippen molar-refractivity contribution in [2.75, 3.05) is 52.4 Å². The first-order chi connectivity index (χ1) is 11.2. The van der Waals surface area contributed by atoms with Crippen molar-refractivity contribution in [3.05, 3.63) is 18.0 Å². The number of ether oxygens (including phenoxy) is 1. The number of aromatic nitrogens is 2. The van der Waals surface area contributed by atoms with E-state index in [1.165, 1.54) is 5.56 Å². The number of piperazine rings is 1. The van der Waals surface area contributed by atoms with Gasteiger partial charge in [-0.1, -0.05) is 0 Å². The Labute approximate surface area is 161 Å². The third-order valence-corrected chi connectivity index (χ3v) is 4.49. The Balaban J connectivity index is 0.00000156. The lowest BCUT2D eigenvalue weighted by Gasteiger charge is -2.33. The molecule has 0 bridgehead atoms. The highest BCUT2D eigenvalue weighted by molar-refractivity contribution is 5.85.